The summed E-state index contributed by atoms with van der Waals surface area (Å²) in [6.45, 7) is -1.14. The number of fused-ring (bicyclic) bond motifs is 9. The smallest absolute Gasteiger partial charge is 0.371 e. The third kappa shape index (κ3) is 5.76. The molecular weight excluding hydrogens is 776 g/mol. The molecule has 11 N–H and O–H groups in total. The average molecular weight is 799 g/mol. The van der Waals surface area contributed by atoms with Gasteiger partial charge in [0.25, 0.3) is 0 Å². The summed E-state index contributed by atoms with van der Waals surface area (Å²) >= 11 is 0. The Morgan fingerprint density at radius 1 is 0.526 bits per heavy atom. The molecule has 0 bridgehead atoms. The van der Waals surface area contributed by atoms with E-state index in [4.69, 9.17) is 28.1 Å². The lowest BCUT2D eigenvalue weighted by atomic mass is 9.91. The van der Waals surface area contributed by atoms with Crippen LogP contribution in [-0.2, 0) is 23.7 Å². The molecule has 0 radical (unpaired) electrons. The molecule has 0 saturated carbocycles. The van der Waals surface area contributed by atoms with E-state index in [1.54, 1.807) is 0 Å². The summed E-state index contributed by atoms with van der Waals surface area (Å²) in [4.78, 5) is 80.3. The van der Waals surface area contributed by atoms with Crippen molar-refractivity contribution in [1.29, 1.82) is 0 Å². The van der Waals surface area contributed by atoms with Gasteiger partial charge in [0.05, 0.1) is 33.4 Å². The van der Waals surface area contributed by atoms with Crippen molar-refractivity contribution in [2.45, 2.75) is 30.7 Å². The number of aliphatic hydroxyl groups is 1. The molecule has 1 fully saturated rings. The van der Waals surface area contributed by atoms with Crippen LogP contribution >= 0.6 is 0 Å². The number of phenols is 9. The van der Waals surface area contributed by atoms with Crippen molar-refractivity contribution in [3.05, 3.63) is 62.7 Å². The second-order valence-corrected chi connectivity index (χ2v) is 12.3. The zero-order valence-electron chi connectivity index (χ0n) is 27.7. The number of carbonyl (C=O) groups is 5. The Balaban J connectivity index is 1.44. The van der Waals surface area contributed by atoms with E-state index in [9.17, 15) is 84.9 Å². The van der Waals surface area contributed by atoms with E-state index >= 15 is 0 Å². The van der Waals surface area contributed by atoms with Crippen LogP contribution in [0, 0.1) is 0 Å². The Labute approximate surface area is 312 Å². The van der Waals surface area contributed by atoms with Crippen molar-refractivity contribution in [2.75, 3.05) is 6.61 Å². The van der Waals surface area contributed by atoms with Crippen molar-refractivity contribution in [2.24, 2.45) is 0 Å². The van der Waals surface area contributed by atoms with Crippen LogP contribution in [0.1, 0.15) is 52.0 Å². The van der Waals surface area contributed by atoms with E-state index in [0.717, 1.165) is 0 Å². The quantitative estimate of drug-likeness (QED) is 0.0696. The van der Waals surface area contributed by atoms with E-state index in [0.29, 0.717) is 24.3 Å². The number of aliphatic hydroxyl groups excluding tert-OH is 1. The van der Waals surface area contributed by atoms with Crippen LogP contribution in [0.4, 0.5) is 0 Å². The molecule has 3 aliphatic rings. The maximum atomic E-state index is 14.0. The van der Waals surface area contributed by atoms with Crippen molar-refractivity contribution >= 4 is 29.8 Å². The number of ether oxygens (including phenoxy) is 5. The van der Waals surface area contributed by atoms with Crippen molar-refractivity contribution < 1.29 is 108 Å². The number of hydrogen-bond acceptors (Lipinski definition) is 22. The Bertz CT molecular complexity index is 2550. The molecule has 1 aromatic heterocycles. The Hall–Kier alpha value is -7.92. The standard InChI is InChI=1S/C34H22O23/c35-10-1-6-15(22(41)19(10)38)16-7(2-11(36)20(39)23(16)42)32(49)57-27-26(56-31(6)48)25-14(54-34(27)51)5-52-29(46)9-4-13(28(44)45)53-33(50)18(9)17-8(30(47)55-25)3-12(37)21(40)24(17)43/h1-4,14,25-27,34-43,51H,5H2,(H,44,45)/t14-,25-,26+,27-,34?/m1/s1. The van der Waals surface area contributed by atoms with Gasteiger partial charge in [-0.3, -0.25) is 0 Å². The van der Waals surface area contributed by atoms with Crippen LogP contribution in [0.5, 0.6) is 51.7 Å². The first-order valence-corrected chi connectivity index (χ1v) is 15.7. The average Bonchev–Trinajstić information content (AvgIpc) is 3.17. The zero-order chi connectivity index (χ0) is 41.5. The highest BCUT2D eigenvalue weighted by atomic mass is 16.7. The number of hydrogen-bond donors (Lipinski definition) is 11. The third-order valence-electron chi connectivity index (χ3n) is 9.02. The fourth-order valence-corrected chi connectivity index (χ4v) is 6.40. The minimum Gasteiger partial charge on any atom is -0.504 e. The highest BCUT2D eigenvalue weighted by molar-refractivity contribution is 6.09. The summed E-state index contributed by atoms with van der Waals surface area (Å²) < 4.78 is 31.8. The van der Waals surface area contributed by atoms with Gasteiger partial charge >= 0.3 is 35.5 Å². The van der Waals surface area contributed by atoms with Crippen LogP contribution < -0.4 is 5.63 Å². The molecule has 0 aliphatic carbocycles. The zero-order valence-corrected chi connectivity index (χ0v) is 27.7. The Kier molecular flexibility index (Phi) is 8.62. The lowest BCUT2D eigenvalue weighted by molar-refractivity contribution is -0.284. The molecule has 7 rings (SSSR count). The molecule has 57 heavy (non-hydrogen) atoms. The predicted octanol–water partition coefficient (Wildman–Crippen LogP) is 0.200. The minimum atomic E-state index is -2.44. The summed E-state index contributed by atoms with van der Waals surface area (Å²) in [5.74, 6) is -21.5. The number of benzene rings is 3. The van der Waals surface area contributed by atoms with Gasteiger partial charge in [-0.2, -0.15) is 0 Å². The first-order valence-electron chi connectivity index (χ1n) is 15.7. The fraction of sp³-hybridized carbons (Fsp3) is 0.176. The maximum Gasteiger partial charge on any atom is 0.371 e. The topological polar surface area (TPSA) is 384 Å². The molecule has 3 aromatic carbocycles. The van der Waals surface area contributed by atoms with Gasteiger partial charge < -0.3 is 84.3 Å². The summed E-state index contributed by atoms with van der Waals surface area (Å²) in [5, 5.41) is 115. The molecule has 0 spiro atoms. The van der Waals surface area contributed by atoms with Gasteiger partial charge in [0.1, 0.15) is 12.7 Å². The maximum absolute atomic E-state index is 14.0. The third-order valence-corrected chi connectivity index (χ3v) is 9.02. The van der Waals surface area contributed by atoms with E-state index in [-0.39, 0.29) is 0 Å². The molecule has 4 aromatic rings. The molecule has 1 unspecified atom stereocenters. The highest BCUT2D eigenvalue weighted by Gasteiger charge is 2.54. The normalized spacial score (nSPS) is 21.6. The number of esters is 4. The van der Waals surface area contributed by atoms with E-state index in [1.165, 1.54) is 0 Å². The number of rotatable bonds is 1. The molecule has 296 valence electrons. The Morgan fingerprint density at radius 3 is 1.39 bits per heavy atom. The largest absolute Gasteiger partial charge is 0.504 e. The van der Waals surface area contributed by atoms with Crippen LogP contribution in [0.3, 0.4) is 0 Å². The molecule has 23 nitrogen and oxygen atoms in total. The highest BCUT2D eigenvalue weighted by Crippen LogP contribution is 2.53. The lowest BCUT2D eigenvalue weighted by Crippen LogP contribution is -2.62. The first-order chi connectivity index (χ1) is 26.8. The molecule has 23 heteroatoms. The second-order valence-electron chi connectivity index (χ2n) is 12.3. The number of phenolic OH excluding ortho intramolecular Hbond substituents is 9. The van der Waals surface area contributed by atoms with E-state index in [1.807, 2.05) is 0 Å². The number of aromatic carboxylic acids is 1. The summed E-state index contributed by atoms with van der Waals surface area (Å²) in [6.07, 6.45) is -11.3. The van der Waals surface area contributed by atoms with E-state index in [2.05, 4.69) is 0 Å². The molecule has 3 aliphatic heterocycles. The summed E-state index contributed by atoms with van der Waals surface area (Å²) in [7, 11) is 0. The molecule has 1 saturated heterocycles. The second kappa shape index (κ2) is 13.1. The monoisotopic (exact) mass is 798 g/mol. The van der Waals surface area contributed by atoms with Gasteiger partial charge in [-0.15, -0.1) is 0 Å². The summed E-state index contributed by atoms with van der Waals surface area (Å²) in [5.41, 5.74) is -9.92. The van der Waals surface area contributed by atoms with Gasteiger partial charge in [0.2, 0.25) is 23.0 Å². The number of aromatic hydroxyl groups is 9. The minimum absolute atomic E-state index is 0.425. The number of cyclic esters (lactones) is 1. The van der Waals surface area contributed by atoms with Gasteiger partial charge in [-0.25, -0.2) is 28.8 Å². The van der Waals surface area contributed by atoms with Crippen molar-refractivity contribution in [3.8, 4) is 74.0 Å². The van der Waals surface area contributed by atoms with Gasteiger partial charge in [0.15, 0.2) is 59.1 Å². The SMILES string of the molecule is O=C(O)c1cc2c(c(=O)o1)-c1c(cc(O)c(O)c1O)C(=O)O[C@H]1[C@@H]3OC(=O)c4cc(O)c(O)c(O)c4-c4c(cc(O)c(O)c4O)C(=O)O[C@H]3C(O)O[C@@H]1COC2=O. The van der Waals surface area contributed by atoms with Crippen LogP contribution in [0.25, 0.3) is 22.3 Å². The van der Waals surface area contributed by atoms with Crippen molar-refractivity contribution in [3.63, 3.8) is 0 Å². The molecular formula is C34H22O23. The molecule has 0 amide bonds. The van der Waals surface area contributed by atoms with Crippen molar-refractivity contribution in [1.82, 2.24) is 0 Å². The Morgan fingerprint density at radius 2 is 0.930 bits per heavy atom. The van der Waals surface area contributed by atoms with Gasteiger partial charge in [-0.1, -0.05) is 0 Å². The predicted molar refractivity (Wildman–Crippen MR) is 173 cm³/mol. The van der Waals surface area contributed by atoms with E-state index < -0.39 is 175 Å². The fourth-order valence-electron chi connectivity index (χ4n) is 6.40. The molecule has 5 atom stereocenters. The van der Waals surface area contributed by atoms with Gasteiger partial charge in [0, 0.05) is 17.2 Å². The lowest BCUT2D eigenvalue weighted by Gasteiger charge is -2.43. The first kappa shape index (κ1) is 37.4. The van der Waals surface area contributed by atoms with Gasteiger partial charge in [-0.05, 0) is 18.2 Å². The van der Waals surface area contributed by atoms with Crippen LogP contribution in [0.15, 0.2) is 33.5 Å². The number of carboxylic acids is 1. The summed E-state index contributed by atoms with van der Waals surface area (Å²) in [6, 6.07) is 1.82. The molecule has 4 heterocycles. The number of carbonyl (C=O) groups excluding carboxylic acids is 4. The van der Waals surface area contributed by atoms with Crippen LogP contribution in [-0.4, -0.2) is 123 Å². The van der Waals surface area contributed by atoms with Crippen LogP contribution in [0.2, 0.25) is 0 Å². The number of carboxylic acid groups (broad SMARTS) is 1.